The molecule has 44 heavy (non-hydrogen) atoms. The Labute approximate surface area is 242 Å². The molecule has 0 unspecified atom stereocenters. The van der Waals surface area contributed by atoms with Crippen LogP contribution in [0.15, 0.2) is 41.3 Å². The van der Waals surface area contributed by atoms with Gasteiger partial charge in [0, 0.05) is 37.1 Å². The Bertz CT molecular complexity index is 1540. The molecule has 1 saturated carbocycles. The van der Waals surface area contributed by atoms with Gasteiger partial charge in [-0.25, -0.2) is 26.0 Å². The van der Waals surface area contributed by atoms with E-state index in [1.807, 2.05) is 0 Å². The van der Waals surface area contributed by atoms with Crippen LogP contribution in [0.3, 0.4) is 0 Å². The average Bonchev–Trinajstić information content (AvgIpc) is 2.96. The molecule has 0 radical (unpaired) electrons. The summed E-state index contributed by atoms with van der Waals surface area (Å²) in [6, 6.07) is 3.84. The van der Waals surface area contributed by atoms with Crippen molar-refractivity contribution in [2.24, 2.45) is 11.3 Å². The number of fused-ring (bicyclic) bond motifs is 1. The van der Waals surface area contributed by atoms with Crippen LogP contribution in [-0.2, 0) is 20.8 Å². The lowest BCUT2D eigenvalue weighted by molar-refractivity contribution is -0.353. The van der Waals surface area contributed by atoms with Crippen LogP contribution in [0, 0.1) is 17.2 Å². The SMILES string of the molecule is CC(F)(F)CC[C@@H]1CN(c2ccc(F)cc2)c2cc(C(F)(F)F)c(OC[C@]3(C(=O)O)CC(F)(F)C3(F)F)cc2S(=O)(=O)[C@@H]1F. The minimum absolute atomic E-state index is 0.0813. The van der Waals surface area contributed by atoms with Gasteiger partial charge in [0.15, 0.2) is 5.41 Å². The molecule has 1 aliphatic carbocycles. The standard InChI is InChI=1S/C26H22F11NO5S/c1-22(29,30)7-6-13-10-38(15-4-2-14(27)3-5-15)17-8-16(25(33,34)35)18(9-19(17)44(41,42)20(13)28)43-12-23(21(39)40)11-24(31,32)26(23,36)37/h2-5,8-9,13,20H,6-7,10-12H2,1H3,(H,39,40)/t13-,20+,23+/m1/s1. The monoisotopic (exact) mass is 669 g/mol. The molecule has 1 heterocycles. The van der Waals surface area contributed by atoms with Crippen molar-refractivity contribution in [1.29, 1.82) is 0 Å². The number of aliphatic carboxylic acids is 1. The summed E-state index contributed by atoms with van der Waals surface area (Å²) in [6.45, 7) is -2.29. The van der Waals surface area contributed by atoms with Gasteiger partial charge < -0.3 is 14.7 Å². The zero-order chi connectivity index (χ0) is 33.3. The van der Waals surface area contributed by atoms with E-state index in [0.29, 0.717) is 6.92 Å². The molecular formula is C26H22F11NO5S. The zero-order valence-corrected chi connectivity index (χ0v) is 23.1. The molecule has 0 bridgehead atoms. The van der Waals surface area contributed by atoms with E-state index in [4.69, 9.17) is 4.74 Å². The fourth-order valence-electron chi connectivity index (χ4n) is 5.11. The Kier molecular flexibility index (Phi) is 8.13. The van der Waals surface area contributed by atoms with Crippen LogP contribution in [-0.4, -0.2) is 55.9 Å². The summed E-state index contributed by atoms with van der Waals surface area (Å²) in [6.07, 6.45) is -9.31. The smallest absolute Gasteiger partial charge is 0.420 e. The van der Waals surface area contributed by atoms with Crippen LogP contribution in [0.2, 0.25) is 0 Å². The molecule has 2 aromatic carbocycles. The molecule has 4 rings (SSSR count). The second-order valence-corrected chi connectivity index (χ2v) is 12.8. The van der Waals surface area contributed by atoms with Crippen molar-refractivity contribution in [3.05, 3.63) is 47.8 Å². The van der Waals surface area contributed by atoms with Crippen molar-refractivity contribution in [3.63, 3.8) is 0 Å². The molecule has 2 aliphatic rings. The molecule has 6 nitrogen and oxygen atoms in total. The molecule has 1 N–H and O–H groups in total. The van der Waals surface area contributed by atoms with Gasteiger partial charge in [0.2, 0.25) is 21.3 Å². The van der Waals surface area contributed by atoms with Gasteiger partial charge in [0.1, 0.15) is 18.2 Å². The first-order valence-corrected chi connectivity index (χ1v) is 14.2. The second-order valence-electron chi connectivity index (χ2n) is 10.8. The Hall–Kier alpha value is -3.31. The van der Waals surface area contributed by atoms with Gasteiger partial charge in [0.25, 0.3) is 0 Å². The lowest BCUT2D eigenvalue weighted by Crippen LogP contribution is -2.72. The first kappa shape index (κ1) is 33.6. The van der Waals surface area contributed by atoms with Crippen molar-refractivity contribution in [3.8, 4) is 5.75 Å². The minimum Gasteiger partial charge on any atom is -0.491 e. The van der Waals surface area contributed by atoms with Gasteiger partial charge in [-0.15, -0.1) is 0 Å². The average molecular weight is 670 g/mol. The van der Waals surface area contributed by atoms with Gasteiger partial charge in [-0.3, -0.25) is 4.79 Å². The van der Waals surface area contributed by atoms with E-state index in [9.17, 15) is 62.2 Å². The third-order valence-corrected chi connectivity index (χ3v) is 9.53. The van der Waals surface area contributed by atoms with E-state index in [1.54, 1.807) is 0 Å². The number of ether oxygens (including phenoxy) is 1. The zero-order valence-electron chi connectivity index (χ0n) is 22.2. The van der Waals surface area contributed by atoms with E-state index >= 15 is 4.39 Å². The third kappa shape index (κ3) is 5.64. The van der Waals surface area contributed by atoms with Crippen molar-refractivity contribution >= 4 is 27.2 Å². The maximum Gasteiger partial charge on any atom is 0.420 e. The van der Waals surface area contributed by atoms with Gasteiger partial charge in [0.05, 0.1) is 16.1 Å². The Balaban J connectivity index is 1.89. The molecule has 1 aliphatic heterocycles. The summed E-state index contributed by atoms with van der Waals surface area (Å²) >= 11 is 0. The van der Waals surface area contributed by atoms with Crippen LogP contribution < -0.4 is 9.64 Å². The quantitative estimate of drug-likeness (QED) is 0.299. The number of carboxylic acids is 1. The maximum absolute atomic E-state index is 15.6. The molecule has 1 fully saturated rings. The van der Waals surface area contributed by atoms with Crippen LogP contribution in [0.4, 0.5) is 59.7 Å². The molecule has 18 heteroatoms. The molecule has 244 valence electrons. The van der Waals surface area contributed by atoms with Crippen LogP contribution >= 0.6 is 0 Å². The predicted molar refractivity (Wildman–Crippen MR) is 130 cm³/mol. The van der Waals surface area contributed by atoms with E-state index in [1.165, 1.54) is 0 Å². The van der Waals surface area contributed by atoms with Crippen molar-refractivity contribution < 1.29 is 71.4 Å². The molecule has 0 aromatic heterocycles. The van der Waals surface area contributed by atoms with Gasteiger partial charge in [-0.1, -0.05) is 0 Å². The summed E-state index contributed by atoms with van der Waals surface area (Å²) in [7, 11) is -5.37. The molecule has 0 spiro atoms. The van der Waals surface area contributed by atoms with Crippen LogP contribution in [0.25, 0.3) is 0 Å². The van der Waals surface area contributed by atoms with Crippen molar-refractivity contribution in [2.75, 3.05) is 18.1 Å². The van der Waals surface area contributed by atoms with Gasteiger partial charge in [-0.05, 0) is 43.7 Å². The topological polar surface area (TPSA) is 83.9 Å². The summed E-state index contributed by atoms with van der Waals surface area (Å²) in [5.41, 5.74) is -9.66. The third-order valence-electron chi connectivity index (χ3n) is 7.61. The Morgan fingerprint density at radius 1 is 1.07 bits per heavy atom. The number of hydrogen-bond acceptors (Lipinski definition) is 5. The van der Waals surface area contributed by atoms with E-state index < -0.39 is 117 Å². The lowest BCUT2D eigenvalue weighted by Gasteiger charge is -2.50. The summed E-state index contributed by atoms with van der Waals surface area (Å²) < 4.78 is 186. The fourth-order valence-corrected chi connectivity index (χ4v) is 6.81. The highest BCUT2D eigenvalue weighted by Gasteiger charge is 2.84. The first-order chi connectivity index (χ1) is 19.9. The van der Waals surface area contributed by atoms with E-state index in [2.05, 4.69) is 0 Å². The number of benzene rings is 2. The fraction of sp³-hybridized carbons (Fsp3) is 0.500. The summed E-state index contributed by atoms with van der Waals surface area (Å²) in [4.78, 5) is 11.1. The maximum atomic E-state index is 15.6. The van der Waals surface area contributed by atoms with Gasteiger partial charge in [-0.2, -0.15) is 30.7 Å². The number of carboxylic acid groups (broad SMARTS) is 1. The number of hydrogen-bond donors (Lipinski definition) is 1. The Morgan fingerprint density at radius 2 is 1.66 bits per heavy atom. The first-order valence-electron chi connectivity index (χ1n) is 12.6. The minimum atomic E-state index is -5.48. The highest BCUT2D eigenvalue weighted by atomic mass is 32.2. The van der Waals surface area contributed by atoms with Crippen molar-refractivity contribution in [1.82, 2.24) is 0 Å². The number of sulfone groups is 1. The van der Waals surface area contributed by atoms with E-state index in [-0.39, 0.29) is 17.8 Å². The van der Waals surface area contributed by atoms with Crippen molar-refractivity contribution in [2.45, 2.75) is 60.5 Å². The molecule has 0 saturated heterocycles. The largest absolute Gasteiger partial charge is 0.491 e. The number of alkyl halides is 10. The highest BCUT2D eigenvalue weighted by molar-refractivity contribution is 7.92. The molecule has 3 atom stereocenters. The number of rotatable bonds is 8. The highest BCUT2D eigenvalue weighted by Crippen LogP contribution is 2.63. The number of halogens is 11. The Morgan fingerprint density at radius 3 is 2.14 bits per heavy atom. The predicted octanol–water partition coefficient (Wildman–Crippen LogP) is 7.24. The number of nitrogens with zero attached hydrogens (tertiary/aromatic N) is 1. The summed E-state index contributed by atoms with van der Waals surface area (Å²) in [5.74, 6) is -20.3. The van der Waals surface area contributed by atoms with Gasteiger partial charge >= 0.3 is 24.0 Å². The lowest BCUT2D eigenvalue weighted by atomic mass is 9.62. The second kappa shape index (κ2) is 10.7. The number of carbonyl (C=O) groups is 1. The molecule has 2 aromatic rings. The van der Waals surface area contributed by atoms with Crippen LogP contribution in [0.1, 0.15) is 31.7 Å². The molecule has 0 amide bonds. The van der Waals surface area contributed by atoms with E-state index in [0.717, 1.165) is 29.2 Å². The normalized spacial score (nSPS) is 25.9. The number of anilines is 2. The molecular weight excluding hydrogens is 647 g/mol. The van der Waals surface area contributed by atoms with Crippen LogP contribution in [0.5, 0.6) is 5.75 Å². The summed E-state index contributed by atoms with van der Waals surface area (Å²) in [5, 5.41) is 9.28.